The maximum Gasteiger partial charge on any atom is 0.305 e. The van der Waals surface area contributed by atoms with Crippen LogP contribution in [0, 0.1) is 5.82 Å². The van der Waals surface area contributed by atoms with Gasteiger partial charge in [-0.15, -0.1) is 5.10 Å². The maximum atomic E-state index is 13.7. The van der Waals surface area contributed by atoms with Gasteiger partial charge in [0.05, 0.1) is 12.6 Å². The molecule has 0 saturated carbocycles. The summed E-state index contributed by atoms with van der Waals surface area (Å²) in [5.74, 6) is -2.52. The van der Waals surface area contributed by atoms with Crippen LogP contribution in [0.2, 0.25) is 0 Å². The number of carbonyl (C=O) groups is 2. The topological polar surface area (TPSA) is 125 Å². The average Bonchev–Trinajstić information content (AvgIpc) is 2.77. The quantitative estimate of drug-likeness (QED) is 0.576. The van der Waals surface area contributed by atoms with Gasteiger partial charge in [-0.2, -0.15) is 5.10 Å². The van der Waals surface area contributed by atoms with E-state index in [1.54, 1.807) is 0 Å². The van der Waals surface area contributed by atoms with Crippen LogP contribution in [-0.2, 0) is 19.4 Å². The molecule has 1 aliphatic rings. The molecule has 8 nitrogen and oxygen atoms in total. The van der Waals surface area contributed by atoms with E-state index in [0.29, 0.717) is 0 Å². The molecule has 1 amide bonds. The molecule has 11 heteroatoms. The maximum absolute atomic E-state index is 13.7. The van der Waals surface area contributed by atoms with E-state index >= 15 is 0 Å². The van der Waals surface area contributed by atoms with Gasteiger partial charge in [0.2, 0.25) is 5.91 Å². The Bertz CT molecular complexity index is 851. The Morgan fingerprint density at radius 3 is 2.83 bits per heavy atom. The molecule has 24 heavy (non-hydrogen) atoms. The van der Waals surface area contributed by atoms with E-state index < -0.39 is 37.7 Å². The minimum atomic E-state index is -3.80. The molecule has 1 unspecified atom stereocenters. The molecule has 2 rings (SSSR count). The SMILES string of the molecule is CS(=O)(=O)c1c(F)cccc1C=NN=C1NC(=O)C(CC(=O)O)S1. The van der Waals surface area contributed by atoms with Gasteiger partial charge in [-0.3, -0.25) is 9.59 Å². The molecule has 128 valence electrons. The molecule has 0 aromatic heterocycles. The van der Waals surface area contributed by atoms with E-state index in [1.807, 2.05) is 0 Å². The minimum Gasteiger partial charge on any atom is -0.481 e. The number of benzene rings is 1. The van der Waals surface area contributed by atoms with E-state index in [-0.39, 0.29) is 17.2 Å². The number of amidine groups is 1. The van der Waals surface area contributed by atoms with Crippen LogP contribution >= 0.6 is 11.8 Å². The van der Waals surface area contributed by atoms with Gasteiger partial charge in [0.1, 0.15) is 16.0 Å². The summed E-state index contributed by atoms with van der Waals surface area (Å²) in [6.07, 6.45) is 1.56. The second kappa shape index (κ2) is 7.09. The van der Waals surface area contributed by atoms with E-state index in [9.17, 15) is 22.4 Å². The Hall–Kier alpha value is -2.27. The smallest absolute Gasteiger partial charge is 0.305 e. The third kappa shape index (κ3) is 4.38. The zero-order valence-corrected chi connectivity index (χ0v) is 13.9. The summed E-state index contributed by atoms with van der Waals surface area (Å²) >= 11 is 0.898. The molecule has 1 heterocycles. The zero-order valence-electron chi connectivity index (χ0n) is 12.3. The molecule has 1 fully saturated rings. The van der Waals surface area contributed by atoms with Crippen molar-refractivity contribution >= 4 is 44.9 Å². The Kier molecular flexibility index (Phi) is 5.34. The molecule has 1 aromatic rings. The fraction of sp³-hybridized carbons (Fsp3) is 0.231. The van der Waals surface area contributed by atoms with Gasteiger partial charge in [0.15, 0.2) is 15.0 Å². The highest BCUT2D eigenvalue weighted by molar-refractivity contribution is 8.15. The van der Waals surface area contributed by atoms with Crippen molar-refractivity contribution in [1.29, 1.82) is 0 Å². The summed E-state index contributed by atoms with van der Waals surface area (Å²) in [6, 6.07) is 3.70. The number of nitrogens with zero attached hydrogens (tertiary/aromatic N) is 2. The monoisotopic (exact) mass is 373 g/mol. The molecule has 0 aliphatic carbocycles. The van der Waals surface area contributed by atoms with E-state index in [4.69, 9.17) is 5.11 Å². The first-order chi connectivity index (χ1) is 11.2. The molecule has 0 spiro atoms. The number of aliphatic carboxylic acids is 1. The second-order valence-electron chi connectivity index (χ2n) is 4.77. The minimum absolute atomic E-state index is 0.0123. The first kappa shape index (κ1) is 18.1. The standard InChI is InChI=1S/C13H12FN3O5S2/c1-24(21,22)11-7(3-2-4-8(11)14)6-15-17-13-16-12(20)9(23-13)5-10(18)19/h2-4,6,9H,5H2,1H3,(H,18,19)(H,16,17,20). The largest absolute Gasteiger partial charge is 0.481 e. The van der Waals surface area contributed by atoms with Crippen LogP contribution in [0.15, 0.2) is 33.3 Å². The Balaban J connectivity index is 2.20. The van der Waals surface area contributed by atoms with E-state index in [0.717, 1.165) is 30.3 Å². The van der Waals surface area contributed by atoms with E-state index in [1.165, 1.54) is 12.1 Å². The number of carboxylic acid groups (broad SMARTS) is 1. The molecule has 1 atom stereocenters. The van der Waals surface area contributed by atoms with Gasteiger partial charge >= 0.3 is 5.97 Å². The Morgan fingerprint density at radius 2 is 2.21 bits per heavy atom. The summed E-state index contributed by atoms with van der Waals surface area (Å²) < 4.78 is 37.0. The van der Waals surface area contributed by atoms with Gasteiger partial charge in [0.25, 0.3) is 0 Å². The number of thioether (sulfide) groups is 1. The number of nitrogens with one attached hydrogen (secondary N) is 1. The van der Waals surface area contributed by atoms with Gasteiger partial charge in [-0.25, -0.2) is 12.8 Å². The molecule has 2 N–H and O–H groups in total. The van der Waals surface area contributed by atoms with Crippen molar-refractivity contribution in [1.82, 2.24) is 5.32 Å². The second-order valence-corrected chi connectivity index (χ2v) is 7.92. The van der Waals surface area contributed by atoms with Crippen LogP contribution in [0.5, 0.6) is 0 Å². The number of sulfone groups is 1. The number of halogens is 1. The van der Waals surface area contributed by atoms with Gasteiger partial charge < -0.3 is 10.4 Å². The summed E-state index contributed by atoms with van der Waals surface area (Å²) in [4.78, 5) is 21.6. The number of carboxylic acids is 1. The highest BCUT2D eigenvalue weighted by Gasteiger charge is 2.32. The number of carbonyl (C=O) groups excluding carboxylic acids is 1. The third-order valence-corrected chi connectivity index (χ3v) is 5.09. The molecular formula is C13H12FN3O5S2. The van der Waals surface area contributed by atoms with Gasteiger partial charge in [-0.05, 0) is 6.07 Å². The van der Waals surface area contributed by atoms with Crippen molar-refractivity contribution in [2.24, 2.45) is 10.2 Å². The van der Waals surface area contributed by atoms with Crippen molar-refractivity contribution in [3.8, 4) is 0 Å². The fourth-order valence-corrected chi connectivity index (χ4v) is 3.79. The highest BCUT2D eigenvalue weighted by Crippen LogP contribution is 2.22. The molecule has 0 radical (unpaired) electrons. The van der Waals surface area contributed by atoms with Gasteiger partial charge in [-0.1, -0.05) is 23.9 Å². The van der Waals surface area contributed by atoms with E-state index in [2.05, 4.69) is 15.5 Å². The third-order valence-electron chi connectivity index (χ3n) is 2.85. The van der Waals surface area contributed by atoms with Crippen LogP contribution in [-0.4, -0.2) is 48.3 Å². The number of hydrogen-bond donors (Lipinski definition) is 2. The predicted molar refractivity (Wildman–Crippen MR) is 86.3 cm³/mol. The summed E-state index contributed by atoms with van der Waals surface area (Å²) in [7, 11) is -3.80. The van der Waals surface area contributed by atoms with Gasteiger partial charge in [0, 0.05) is 11.8 Å². The van der Waals surface area contributed by atoms with Crippen LogP contribution in [0.3, 0.4) is 0 Å². The van der Waals surface area contributed by atoms with Crippen LogP contribution < -0.4 is 5.32 Å². The first-order valence-electron chi connectivity index (χ1n) is 6.47. The van der Waals surface area contributed by atoms with Crippen molar-refractivity contribution in [2.75, 3.05) is 6.26 Å². The first-order valence-corrected chi connectivity index (χ1v) is 9.24. The Labute approximate surface area is 140 Å². The number of rotatable bonds is 5. The predicted octanol–water partition coefficient (Wildman–Crippen LogP) is 0.625. The lowest BCUT2D eigenvalue weighted by Crippen LogP contribution is -2.26. The van der Waals surface area contributed by atoms with Crippen molar-refractivity contribution in [2.45, 2.75) is 16.6 Å². The summed E-state index contributed by atoms with van der Waals surface area (Å²) in [5, 5.41) is 17.6. The fourth-order valence-electron chi connectivity index (χ4n) is 1.91. The lowest BCUT2D eigenvalue weighted by atomic mass is 10.2. The van der Waals surface area contributed by atoms with Crippen molar-refractivity contribution < 1.29 is 27.5 Å². The lowest BCUT2D eigenvalue weighted by molar-refractivity contribution is -0.138. The molecule has 0 bridgehead atoms. The lowest BCUT2D eigenvalue weighted by Gasteiger charge is -2.03. The van der Waals surface area contributed by atoms with Crippen molar-refractivity contribution in [3.05, 3.63) is 29.6 Å². The Morgan fingerprint density at radius 1 is 1.50 bits per heavy atom. The molecular weight excluding hydrogens is 361 g/mol. The molecule has 1 aromatic carbocycles. The number of amides is 1. The van der Waals surface area contributed by atoms with Crippen molar-refractivity contribution in [3.63, 3.8) is 0 Å². The molecule has 1 aliphatic heterocycles. The average molecular weight is 373 g/mol. The highest BCUT2D eigenvalue weighted by atomic mass is 32.2. The molecule has 1 saturated heterocycles. The van der Waals surface area contributed by atoms with Crippen LogP contribution in [0.1, 0.15) is 12.0 Å². The van der Waals surface area contributed by atoms with Crippen LogP contribution in [0.4, 0.5) is 4.39 Å². The normalized spacial score (nSPS) is 19.8. The number of hydrogen-bond acceptors (Lipinski definition) is 7. The summed E-state index contributed by atoms with van der Waals surface area (Å²) in [6.45, 7) is 0. The van der Waals surface area contributed by atoms with Crippen LogP contribution in [0.25, 0.3) is 0 Å². The summed E-state index contributed by atoms with van der Waals surface area (Å²) in [5.41, 5.74) is 0.0123. The zero-order chi connectivity index (χ0) is 17.9.